The van der Waals surface area contributed by atoms with Crippen molar-refractivity contribution in [1.29, 1.82) is 0 Å². The fourth-order valence-electron chi connectivity index (χ4n) is 2.94. The molecule has 0 amide bonds. The second-order valence-corrected chi connectivity index (χ2v) is 8.44. The van der Waals surface area contributed by atoms with Crippen LogP contribution in [0.1, 0.15) is 38.2 Å². The molecule has 8 heteroatoms. The summed E-state index contributed by atoms with van der Waals surface area (Å²) in [5.74, 6) is 1.32. The lowest BCUT2D eigenvalue weighted by Gasteiger charge is -2.26. The van der Waals surface area contributed by atoms with Crippen molar-refractivity contribution in [2.45, 2.75) is 50.2 Å². The first-order valence-electron chi connectivity index (χ1n) is 8.52. The number of aryl methyl sites for hydroxylation is 1. The van der Waals surface area contributed by atoms with E-state index in [1.165, 1.54) is 29.9 Å². The number of sulfonamides is 1. The number of rotatable bonds is 6. The summed E-state index contributed by atoms with van der Waals surface area (Å²) in [4.78, 5) is 4.40. The van der Waals surface area contributed by atoms with Crippen molar-refractivity contribution in [3.05, 3.63) is 36.3 Å². The molecule has 0 saturated heterocycles. The van der Waals surface area contributed by atoms with Gasteiger partial charge >= 0.3 is 0 Å². The van der Waals surface area contributed by atoms with Crippen molar-refractivity contribution in [1.82, 2.24) is 19.5 Å². The number of pyridine rings is 1. The Bertz CT molecular complexity index is 811. The van der Waals surface area contributed by atoms with Crippen LogP contribution in [-0.2, 0) is 23.6 Å². The van der Waals surface area contributed by atoms with Gasteiger partial charge in [0.05, 0.1) is 6.20 Å². The van der Waals surface area contributed by atoms with Crippen molar-refractivity contribution >= 4 is 10.0 Å². The molecule has 0 aliphatic heterocycles. The van der Waals surface area contributed by atoms with E-state index in [0.29, 0.717) is 5.88 Å². The van der Waals surface area contributed by atoms with Gasteiger partial charge in [-0.15, -0.1) is 0 Å². The predicted molar refractivity (Wildman–Crippen MR) is 93.5 cm³/mol. The molecule has 3 rings (SSSR count). The van der Waals surface area contributed by atoms with Crippen molar-refractivity contribution < 1.29 is 13.2 Å². The van der Waals surface area contributed by atoms with Crippen LogP contribution in [-0.4, -0.2) is 29.3 Å². The predicted octanol–water partition coefficient (Wildman–Crippen LogP) is 2.25. The van der Waals surface area contributed by atoms with E-state index in [4.69, 9.17) is 4.74 Å². The smallest absolute Gasteiger partial charge is 0.243 e. The second kappa shape index (κ2) is 7.53. The molecule has 1 fully saturated rings. The molecule has 2 aromatic rings. The van der Waals surface area contributed by atoms with Crippen molar-refractivity contribution in [3.63, 3.8) is 0 Å². The molecule has 0 radical (unpaired) electrons. The van der Waals surface area contributed by atoms with E-state index < -0.39 is 10.0 Å². The molecule has 0 aromatic carbocycles. The number of aromatic nitrogens is 3. The van der Waals surface area contributed by atoms with E-state index in [9.17, 15) is 8.42 Å². The number of hydrogen-bond donors (Lipinski definition) is 1. The lowest BCUT2D eigenvalue weighted by molar-refractivity contribution is 0.130. The zero-order valence-electron chi connectivity index (χ0n) is 14.6. The summed E-state index contributed by atoms with van der Waals surface area (Å²) in [6.07, 6.45) is 9.08. The Morgan fingerprint density at radius 3 is 2.76 bits per heavy atom. The quantitative estimate of drug-likeness (QED) is 0.850. The van der Waals surface area contributed by atoms with E-state index >= 15 is 0 Å². The van der Waals surface area contributed by atoms with Gasteiger partial charge < -0.3 is 4.74 Å². The van der Waals surface area contributed by atoms with Crippen LogP contribution in [0.4, 0.5) is 0 Å². The molecule has 1 aliphatic carbocycles. The standard InChI is InChI=1S/C17H24N4O3S/c1-13-3-5-15(6-4-13)24-17-9-14(7-8-18-17)10-20-25(22,23)16-11-19-21(2)12-16/h7-9,11-13,15,20H,3-6,10H2,1-2H3. The van der Waals surface area contributed by atoms with E-state index in [2.05, 4.69) is 21.7 Å². The Kier molecular flexibility index (Phi) is 5.39. The first-order valence-corrected chi connectivity index (χ1v) is 10.0. The molecule has 0 atom stereocenters. The third-order valence-electron chi connectivity index (χ3n) is 4.51. The maximum Gasteiger partial charge on any atom is 0.243 e. The van der Waals surface area contributed by atoms with E-state index in [1.807, 2.05) is 0 Å². The fraction of sp³-hybridized carbons (Fsp3) is 0.529. The molecule has 0 spiro atoms. The number of ether oxygens (including phenoxy) is 1. The summed E-state index contributed by atoms with van der Waals surface area (Å²) in [6.45, 7) is 2.45. The molecule has 25 heavy (non-hydrogen) atoms. The molecule has 1 aliphatic rings. The average Bonchev–Trinajstić information content (AvgIpc) is 3.03. The lowest BCUT2D eigenvalue weighted by Crippen LogP contribution is -2.24. The van der Waals surface area contributed by atoms with Crippen molar-refractivity contribution in [2.24, 2.45) is 13.0 Å². The molecule has 2 heterocycles. The minimum Gasteiger partial charge on any atom is -0.474 e. The van der Waals surface area contributed by atoms with Crippen LogP contribution in [0, 0.1) is 5.92 Å². The number of nitrogens with one attached hydrogen (secondary N) is 1. The van der Waals surface area contributed by atoms with Crippen LogP contribution >= 0.6 is 0 Å². The van der Waals surface area contributed by atoms with Gasteiger partial charge in [0, 0.05) is 32.1 Å². The second-order valence-electron chi connectivity index (χ2n) is 6.68. The first kappa shape index (κ1) is 17.9. The molecule has 1 saturated carbocycles. The number of nitrogens with zero attached hydrogens (tertiary/aromatic N) is 3. The van der Waals surface area contributed by atoms with Gasteiger partial charge in [0.25, 0.3) is 0 Å². The minimum absolute atomic E-state index is 0.150. The zero-order valence-corrected chi connectivity index (χ0v) is 15.4. The van der Waals surface area contributed by atoms with Crippen LogP contribution in [0.2, 0.25) is 0 Å². The van der Waals surface area contributed by atoms with E-state index in [1.54, 1.807) is 25.4 Å². The molecule has 2 aromatic heterocycles. The summed E-state index contributed by atoms with van der Waals surface area (Å²) in [7, 11) is -1.90. The van der Waals surface area contributed by atoms with Gasteiger partial charge in [-0.2, -0.15) is 5.10 Å². The zero-order chi connectivity index (χ0) is 17.9. The maximum absolute atomic E-state index is 12.2. The van der Waals surface area contributed by atoms with Crippen LogP contribution < -0.4 is 9.46 Å². The largest absolute Gasteiger partial charge is 0.474 e. The molecular weight excluding hydrogens is 340 g/mol. The highest BCUT2D eigenvalue weighted by atomic mass is 32.2. The molecule has 7 nitrogen and oxygen atoms in total. The SMILES string of the molecule is CC1CCC(Oc2cc(CNS(=O)(=O)c3cnn(C)c3)ccn2)CC1. The van der Waals surface area contributed by atoms with Crippen LogP contribution in [0.3, 0.4) is 0 Å². The Labute approximate surface area is 148 Å². The Hall–Kier alpha value is -1.93. The average molecular weight is 364 g/mol. The Morgan fingerprint density at radius 1 is 1.32 bits per heavy atom. The highest BCUT2D eigenvalue weighted by Crippen LogP contribution is 2.26. The van der Waals surface area contributed by atoms with Crippen LogP contribution in [0.5, 0.6) is 5.88 Å². The van der Waals surface area contributed by atoms with Crippen LogP contribution in [0.15, 0.2) is 35.6 Å². The van der Waals surface area contributed by atoms with E-state index in [-0.39, 0.29) is 17.5 Å². The number of hydrogen-bond acceptors (Lipinski definition) is 5. The fourth-order valence-corrected chi connectivity index (χ4v) is 3.94. The molecule has 136 valence electrons. The summed E-state index contributed by atoms with van der Waals surface area (Å²) < 4.78 is 34.5. The molecule has 0 unspecified atom stereocenters. The topological polar surface area (TPSA) is 86.1 Å². The monoisotopic (exact) mass is 364 g/mol. The first-order chi connectivity index (χ1) is 11.9. The normalized spacial score (nSPS) is 21.2. The van der Waals surface area contributed by atoms with Gasteiger partial charge in [0.2, 0.25) is 15.9 Å². The highest BCUT2D eigenvalue weighted by Gasteiger charge is 2.20. The molecule has 1 N–H and O–H groups in total. The van der Waals surface area contributed by atoms with Gasteiger partial charge in [0.15, 0.2) is 0 Å². The van der Waals surface area contributed by atoms with Crippen molar-refractivity contribution in [3.8, 4) is 5.88 Å². The summed E-state index contributed by atoms with van der Waals surface area (Å²) in [6, 6.07) is 3.57. The molecule has 0 bridgehead atoms. The Morgan fingerprint density at radius 2 is 2.08 bits per heavy atom. The summed E-state index contributed by atoms with van der Waals surface area (Å²) in [5, 5.41) is 3.89. The van der Waals surface area contributed by atoms with Crippen molar-refractivity contribution in [2.75, 3.05) is 0 Å². The van der Waals surface area contributed by atoms with Gasteiger partial charge in [-0.05, 0) is 43.2 Å². The van der Waals surface area contributed by atoms with E-state index in [0.717, 1.165) is 24.3 Å². The third kappa shape index (κ3) is 4.79. The highest BCUT2D eigenvalue weighted by molar-refractivity contribution is 7.89. The Balaban J connectivity index is 1.60. The summed E-state index contributed by atoms with van der Waals surface area (Å²) >= 11 is 0. The van der Waals surface area contributed by atoms with Crippen LogP contribution in [0.25, 0.3) is 0 Å². The third-order valence-corrected chi connectivity index (χ3v) is 5.86. The van der Waals surface area contributed by atoms with Gasteiger partial charge in [-0.1, -0.05) is 6.92 Å². The maximum atomic E-state index is 12.2. The molecular formula is C17H24N4O3S. The van der Waals surface area contributed by atoms with Gasteiger partial charge in [-0.25, -0.2) is 18.1 Å². The minimum atomic E-state index is -3.58. The van der Waals surface area contributed by atoms with Gasteiger partial charge in [0.1, 0.15) is 11.0 Å². The lowest BCUT2D eigenvalue weighted by atomic mass is 9.89. The summed E-state index contributed by atoms with van der Waals surface area (Å²) in [5.41, 5.74) is 0.807. The van der Waals surface area contributed by atoms with Gasteiger partial charge in [-0.3, -0.25) is 4.68 Å².